The summed E-state index contributed by atoms with van der Waals surface area (Å²) < 4.78 is 0.996. The van der Waals surface area contributed by atoms with Gasteiger partial charge in [-0.2, -0.15) is 0 Å². The van der Waals surface area contributed by atoms with E-state index in [-0.39, 0.29) is 12.5 Å². The average Bonchev–Trinajstić information content (AvgIpc) is 2.47. The van der Waals surface area contributed by atoms with Gasteiger partial charge in [0.2, 0.25) is 5.91 Å². The maximum absolute atomic E-state index is 11.8. The van der Waals surface area contributed by atoms with Gasteiger partial charge < -0.3 is 10.4 Å². The lowest BCUT2D eigenvalue weighted by atomic mass is 10.2. The molecule has 3 nitrogen and oxygen atoms in total. The molecular weight excluding hydrogens is 318 g/mol. The van der Waals surface area contributed by atoms with E-state index in [0.29, 0.717) is 11.3 Å². The van der Waals surface area contributed by atoms with Crippen molar-refractivity contribution in [2.24, 2.45) is 0 Å². The summed E-state index contributed by atoms with van der Waals surface area (Å²) in [5.74, 6) is -0.228. The number of para-hydroxylation sites is 1. The first-order valence-corrected chi connectivity index (χ1v) is 6.92. The van der Waals surface area contributed by atoms with Gasteiger partial charge in [0.15, 0.2) is 0 Å². The van der Waals surface area contributed by atoms with E-state index in [2.05, 4.69) is 21.2 Å². The molecule has 0 aliphatic heterocycles. The maximum atomic E-state index is 11.8. The van der Waals surface area contributed by atoms with Crippen LogP contribution in [-0.4, -0.2) is 11.0 Å². The van der Waals surface area contributed by atoms with Gasteiger partial charge >= 0.3 is 0 Å². The average molecular weight is 332 g/mol. The van der Waals surface area contributed by atoms with Gasteiger partial charge in [0.05, 0.1) is 6.61 Å². The quantitative estimate of drug-likeness (QED) is 0.841. The first-order valence-electron chi connectivity index (χ1n) is 6.12. The smallest absolute Gasteiger partial charge is 0.248 e. The van der Waals surface area contributed by atoms with Crippen LogP contribution in [0.1, 0.15) is 11.1 Å². The Bertz CT molecular complexity index is 621. The second-order valence-corrected chi connectivity index (χ2v) is 5.11. The minimum absolute atomic E-state index is 0.104. The maximum Gasteiger partial charge on any atom is 0.248 e. The summed E-state index contributed by atoms with van der Waals surface area (Å²) in [6, 6.07) is 14.8. The molecular formula is C16H14BrNO2. The van der Waals surface area contributed by atoms with Crippen LogP contribution in [0, 0.1) is 0 Å². The second-order valence-electron chi connectivity index (χ2n) is 4.19. The predicted octanol–water partition coefficient (Wildman–Crippen LogP) is 3.59. The highest BCUT2D eigenvalue weighted by Gasteiger charge is 2.02. The Morgan fingerprint density at radius 3 is 2.55 bits per heavy atom. The molecule has 102 valence electrons. The standard InChI is InChI=1S/C16H14BrNO2/c17-14-8-5-12(6-9-14)7-10-16(20)18-15-4-2-1-3-13(15)11-19/h1-10,19H,11H2,(H,18,20). The van der Waals surface area contributed by atoms with Crippen LogP contribution in [0.4, 0.5) is 5.69 Å². The van der Waals surface area contributed by atoms with Crippen LogP contribution in [0.2, 0.25) is 0 Å². The monoisotopic (exact) mass is 331 g/mol. The SMILES string of the molecule is O=C(C=Cc1ccc(Br)cc1)Nc1ccccc1CO. The van der Waals surface area contributed by atoms with Crippen LogP contribution in [0.15, 0.2) is 59.1 Å². The molecule has 0 atom stereocenters. The summed E-state index contributed by atoms with van der Waals surface area (Å²) in [6.45, 7) is -0.104. The minimum Gasteiger partial charge on any atom is -0.392 e. The third kappa shape index (κ3) is 4.05. The Morgan fingerprint density at radius 2 is 1.85 bits per heavy atom. The third-order valence-electron chi connectivity index (χ3n) is 2.74. The van der Waals surface area contributed by atoms with Crippen LogP contribution in [-0.2, 0) is 11.4 Å². The van der Waals surface area contributed by atoms with Crippen molar-refractivity contribution < 1.29 is 9.90 Å². The molecule has 0 spiro atoms. The van der Waals surface area contributed by atoms with Crippen molar-refractivity contribution in [3.63, 3.8) is 0 Å². The molecule has 0 aromatic heterocycles. The number of anilines is 1. The van der Waals surface area contributed by atoms with Crippen LogP contribution in [0.25, 0.3) is 6.08 Å². The summed E-state index contributed by atoms with van der Waals surface area (Å²) >= 11 is 3.36. The van der Waals surface area contributed by atoms with Crippen molar-refractivity contribution in [3.8, 4) is 0 Å². The van der Waals surface area contributed by atoms with Crippen molar-refractivity contribution >= 4 is 33.6 Å². The van der Waals surface area contributed by atoms with Gasteiger partial charge in [-0.3, -0.25) is 4.79 Å². The summed E-state index contributed by atoms with van der Waals surface area (Å²) in [5.41, 5.74) is 2.26. The van der Waals surface area contributed by atoms with Crippen molar-refractivity contribution in [3.05, 3.63) is 70.2 Å². The molecule has 0 fully saturated rings. The molecule has 0 radical (unpaired) electrons. The number of benzene rings is 2. The van der Waals surface area contributed by atoms with Crippen LogP contribution < -0.4 is 5.32 Å². The lowest BCUT2D eigenvalue weighted by Gasteiger charge is -2.06. The van der Waals surface area contributed by atoms with Gasteiger partial charge in [0.25, 0.3) is 0 Å². The van der Waals surface area contributed by atoms with Crippen molar-refractivity contribution in [1.29, 1.82) is 0 Å². The summed E-state index contributed by atoms with van der Waals surface area (Å²) in [5, 5.41) is 11.9. The number of aliphatic hydroxyl groups is 1. The zero-order valence-electron chi connectivity index (χ0n) is 10.7. The lowest BCUT2D eigenvalue weighted by molar-refractivity contribution is -0.111. The molecule has 0 bridgehead atoms. The first-order chi connectivity index (χ1) is 9.69. The molecule has 0 unspecified atom stereocenters. The highest BCUT2D eigenvalue weighted by atomic mass is 79.9. The van der Waals surface area contributed by atoms with Crippen LogP contribution in [0.5, 0.6) is 0 Å². The Balaban J connectivity index is 2.03. The normalized spacial score (nSPS) is 10.7. The fraction of sp³-hybridized carbons (Fsp3) is 0.0625. The molecule has 0 heterocycles. The van der Waals surface area contributed by atoms with Crippen molar-refractivity contribution in [2.45, 2.75) is 6.61 Å². The number of carbonyl (C=O) groups excluding carboxylic acids is 1. The van der Waals surface area contributed by atoms with Gasteiger partial charge in [0.1, 0.15) is 0 Å². The molecule has 0 saturated carbocycles. The van der Waals surface area contributed by atoms with Gasteiger partial charge in [-0.1, -0.05) is 46.3 Å². The highest BCUT2D eigenvalue weighted by molar-refractivity contribution is 9.10. The zero-order chi connectivity index (χ0) is 14.4. The van der Waals surface area contributed by atoms with Gasteiger partial charge in [0, 0.05) is 21.8 Å². The molecule has 2 N–H and O–H groups in total. The summed E-state index contributed by atoms with van der Waals surface area (Å²) in [7, 11) is 0. The summed E-state index contributed by atoms with van der Waals surface area (Å²) in [4.78, 5) is 11.8. The zero-order valence-corrected chi connectivity index (χ0v) is 12.3. The lowest BCUT2D eigenvalue weighted by Crippen LogP contribution is -2.09. The number of nitrogens with one attached hydrogen (secondary N) is 1. The molecule has 0 saturated heterocycles. The Kier molecular flexibility index (Phi) is 5.09. The van der Waals surface area contributed by atoms with Gasteiger partial charge in [-0.05, 0) is 29.8 Å². The molecule has 4 heteroatoms. The number of halogens is 1. The van der Waals surface area contributed by atoms with E-state index in [1.807, 2.05) is 36.4 Å². The van der Waals surface area contributed by atoms with Gasteiger partial charge in [-0.25, -0.2) is 0 Å². The molecule has 2 rings (SSSR count). The predicted molar refractivity (Wildman–Crippen MR) is 84.2 cm³/mol. The number of carbonyl (C=O) groups is 1. The van der Waals surface area contributed by atoms with Crippen molar-refractivity contribution in [1.82, 2.24) is 0 Å². The van der Waals surface area contributed by atoms with E-state index in [0.717, 1.165) is 10.0 Å². The first kappa shape index (κ1) is 14.5. The number of amides is 1. The Hall–Kier alpha value is -1.91. The number of hydrogen-bond donors (Lipinski definition) is 2. The van der Waals surface area contributed by atoms with E-state index < -0.39 is 0 Å². The topological polar surface area (TPSA) is 49.3 Å². The molecule has 0 aliphatic carbocycles. The molecule has 1 amide bonds. The highest BCUT2D eigenvalue weighted by Crippen LogP contribution is 2.15. The molecule has 20 heavy (non-hydrogen) atoms. The molecule has 2 aromatic carbocycles. The Morgan fingerprint density at radius 1 is 1.15 bits per heavy atom. The van der Waals surface area contributed by atoms with Gasteiger partial charge in [-0.15, -0.1) is 0 Å². The van der Waals surface area contributed by atoms with E-state index in [9.17, 15) is 9.90 Å². The fourth-order valence-corrected chi connectivity index (χ4v) is 1.96. The van der Waals surface area contributed by atoms with Crippen LogP contribution >= 0.6 is 15.9 Å². The number of aliphatic hydroxyl groups excluding tert-OH is 1. The van der Waals surface area contributed by atoms with E-state index in [1.54, 1.807) is 18.2 Å². The second kappa shape index (κ2) is 7.03. The third-order valence-corrected chi connectivity index (χ3v) is 3.27. The van der Waals surface area contributed by atoms with E-state index >= 15 is 0 Å². The van der Waals surface area contributed by atoms with Crippen LogP contribution in [0.3, 0.4) is 0 Å². The summed E-state index contributed by atoms with van der Waals surface area (Å²) in [6.07, 6.45) is 3.21. The van der Waals surface area contributed by atoms with E-state index in [1.165, 1.54) is 6.08 Å². The minimum atomic E-state index is -0.228. The van der Waals surface area contributed by atoms with E-state index in [4.69, 9.17) is 0 Å². The fourth-order valence-electron chi connectivity index (χ4n) is 1.70. The molecule has 2 aromatic rings. The number of hydrogen-bond acceptors (Lipinski definition) is 2. The van der Waals surface area contributed by atoms with Crippen molar-refractivity contribution in [2.75, 3.05) is 5.32 Å². The largest absolute Gasteiger partial charge is 0.392 e. The Labute approximate surface area is 126 Å². The molecule has 0 aliphatic rings. The number of rotatable bonds is 4.